The lowest BCUT2D eigenvalue weighted by Gasteiger charge is -2.47. The van der Waals surface area contributed by atoms with Crippen LogP contribution < -0.4 is 14.4 Å². The van der Waals surface area contributed by atoms with Crippen LogP contribution in [-0.4, -0.2) is 25.4 Å². The minimum Gasteiger partial charge on any atom is -0.497 e. The van der Waals surface area contributed by atoms with Gasteiger partial charge in [-0.2, -0.15) is 0 Å². The highest BCUT2D eigenvalue weighted by molar-refractivity contribution is 5.84. The fourth-order valence-electron chi connectivity index (χ4n) is 4.76. The molecule has 33 heavy (non-hydrogen) atoms. The molecule has 0 amide bonds. The Bertz CT molecular complexity index is 1160. The van der Waals surface area contributed by atoms with Crippen molar-refractivity contribution in [2.24, 2.45) is 4.99 Å². The van der Waals surface area contributed by atoms with E-state index in [1.165, 1.54) is 5.56 Å². The Hall–Kier alpha value is -3.34. The molecule has 5 heteroatoms. The van der Waals surface area contributed by atoms with E-state index in [-0.39, 0.29) is 11.4 Å². The van der Waals surface area contributed by atoms with Crippen molar-refractivity contribution in [3.63, 3.8) is 0 Å². The Balaban J connectivity index is 1.53. The molecule has 0 spiro atoms. The van der Waals surface area contributed by atoms with Gasteiger partial charge in [0.2, 0.25) is 0 Å². The van der Waals surface area contributed by atoms with E-state index in [1.54, 1.807) is 19.4 Å². The molecule has 0 radical (unpaired) electrons. The van der Waals surface area contributed by atoms with Crippen LogP contribution in [0.5, 0.6) is 17.2 Å². The third-order valence-corrected chi connectivity index (χ3v) is 6.29. The van der Waals surface area contributed by atoms with E-state index in [2.05, 4.69) is 37.6 Å². The summed E-state index contributed by atoms with van der Waals surface area (Å²) in [7, 11) is 1.62. The van der Waals surface area contributed by atoms with Gasteiger partial charge in [0.05, 0.1) is 12.8 Å². The first-order valence-electron chi connectivity index (χ1n) is 11.4. The maximum atomic E-state index is 15.0. The van der Waals surface area contributed by atoms with E-state index in [9.17, 15) is 4.39 Å². The van der Waals surface area contributed by atoms with Gasteiger partial charge in [-0.15, -0.1) is 0 Å². The van der Waals surface area contributed by atoms with Crippen molar-refractivity contribution in [2.45, 2.75) is 45.6 Å². The molecule has 0 aromatic heterocycles. The van der Waals surface area contributed by atoms with Crippen molar-refractivity contribution in [2.75, 3.05) is 18.6 Å². The van der Waals surface area contributed by atoms with Crippen LogP contribution in [0.2, 0.25) is 0 Å². The van der Waals surface area contributed by atoms with E-state index >= 15 is 0 Å². The topological polar surface area (TPSA) is 34.1 Å². The van der Waals surface area contributed by atoms with Gasteiger partial charge in [0, 0.05) is 35.6 Å². The molecule has 1 unspecified atom stereocenters. The molecule has 0 N–H and O–H groups in total. The average molecular weight is 447 g/mol. The van der Waals surface area contributed by atoms with Gasteiger partial charge in [-0.25, -0.2) is 4.39 Å². The summed E-state index contributed by atoms with van der Waals surface area (Å²) in [5.41, 5.74) is 3.43. The summed E-state index contributed by atoms with van der Waals surface area (Å²) in [6.07, 6.45) is 2.64. The number of methoxy groups -OCH3 is 1. The molecule has 3 aromatic carbocycles. The molecule has 1 aliphatic heterocycles. The zero-order valence-electron chi connectivity index (χ0n) is 19.9. The van der Waals surface area contributed by atoms with Gasteiger partial charge in [-0.05, 0) is 87.2 Å². The molecule has 0 aliphatic carbocycles. The summed E-state index contributed by atoms with van der Waals surface area (Å²) in [6, 6.07) is 18.5. The lowest BCUT2D eigenvalue weighted by molar-refractivity contribution is 0.380. The summed E-state index contributed by atoms with van der Waals surface area (Å²) in [4.78, 5) is 6.80. The number of nitrogens with zero attached hydrogens (tertiary/aromatic N) is 2. The van der Waals surface area contributed by atoms with Crippen molar-refractivity contribution in [3.8, 4) is 17.2 Å². The summed E-state index contributed by atoms with van der Waals surface area (Å²) in [5, 5.41) is 0. The van der Waals surface area contributed by atoms with Crippen LogP contribution in [0.1, 0.15) is 51.2 Å². The van der Waals surface area contributed by atoms with E-state index < -0.39 is 0 Å². The monoisotopic (exact) mass is 446 g/mol. The number of halogens is 1. The molecule has 3 aromatic rings. The molecule has 172 valence electrons. The van der Waals surface area contributed by atoms with Gasteiger partial charge in [0.1, 0.15) is 23.1 Å². The standard InChI is InChI=1S/C28H31FN2O2/c1-6-31-27-16-26(29)20(14-25(27)19(2)17-28(31,3)4)18-30-21-10-12-22(13-11-21)33-24-9-7-8-23(15-24)32-5/h7-16,18-19H,6,17H2,1-5H3. The first-order chi connectivity index (χ1) is 15.8. The first-order valence-corrected chi connectivity index (χ1v) is 11.4. The molecular weight excluding hydrogens is 415 g/mol. The first kappa shape index (κ1) is 22.8. The lowest BCUT2D eigenvalue weighted by Crippen LogP contribution is -2.48. The van der Waals surface area contributed by atoms with E-state index in [0.29, 0.717) is 23.0 Å². The van der Waals surface area contributed by atoms with Crippen molar-refractivity contribution in [3.05, 3.63) is 77.6 Å². The van der Waals surface area contributed by atoms with Crippen LogP contribution in [0.25, 0.3) is 0 Å². The Morgan fingerprint density at radius 2 is 1.79 bits per heavy atom. The second kappa shape index (κ2) is 9.26. The van der Waals surface area contributed by atoms with Gasteiger partial charge in [0.15, 0.2) is 0 Å². The Labute approximate surface area is 195 Å². The van der Waals surface area contributed by atoms with Crippen LogP contribution in [0.4, 0.5) is 15.8 Å². The summed E-state index contributed by atoms with van der Waals surface area (Å²) in [5.74, 6) is 2.23. The van der Waals surface area contributed by atoms with E-state index in [0.717, 1.165) is 30.1 Å². The molecule has 0 fully saturated rings. The minimum absolute atomic E-state index is 0.0118. The second-order valence-corrected chi connectivity index (χ2v) is 9.13. The fraction of sp³-hybridized carbons (Fsp3) is 0.321. The van der Waals surface area contributed by atoms with Crippen LogP contribution in [-0.2, 0) is 0 Å². The zero-order valence-corrected chi connectivity index (χ0v) is 19.9. The maximum Gasteiger partial charge on any atom is 0.134 e. The Morgan fingerprint density at radius 3 is 2.48 bits per heavy atom. The smallest absolute Gasteiger partial charge is 0.134 e. The third-order valence-electron chi connectivity index (χ3n) is 6.29. The van der Waals surface area contributed by atoms with Gasteiger partial charge < -0.3 is 14.4 Å². The molecular formula is C28H31FN2O2. The predicted octanol–water partition coefficient (Wildman–Crippen LogP) is 7.49. The van der Waals surface area contributed by atoms with Crippen LogP contribution in [0.3, 0.4) is 0 Å². The number of hydrogen-bond acceptors (Lipinski definition) is 4. The number of hydrogen-bond donors (Lipinski definition) is 0. The highest BCUT2D eigenvalue weighted by Gasteiger charge is 2.36. The largest absolute Gasteiger partial charge is 0.497 e. The number of anilines is 1. The maximum absolute atomic E-state index is 15.0. The molecule has 1 heterocycles. The summed E-state index contributed by atoms with van der Waals surface area (Å²) < 4.78 is 26.1. The average Bonchev–Trinajstić information content (AvgIpc) is 2.79. The predicted molar refractivity (Wildman–Crippen MR) is 133 cm³/mol. The van der Waals surface area contributed by atoms with Gasteiger partial charge in [-0.1, -0.05) is 13.0 Å². The molecule has 0 saturated heterocycles. The SMILES string of the molecule is CCN1c2cc(F)c(C=Nc3ccc(Oc4cccc(OC)c4)cc3)cc2C(C)CC1(C)C. The van der Waals surface area contributed by atoms with Crippen molar-refractivity contribution >= 4 is 17.6 Å². The van der Waals surface area contributed by atoms with E-state index in [4.69, 9.17) is 9.47 Å². The van der Waals surface area contributed by atoms with Crippen molar-refractivity contribution < 1.29 is 13.9 Å². The zero-order chi connectivity index (χ0) is 23.6. The molecule has 1 atom stereocenters. The second-order valence-electron chi connectivity index (χ2n) is 9.13. The minimum atomic E-state index is -0.251. The van der Waals surface area contributed by atoms with Gasteiger partial charge in [-0.3, -0.25) is 4.99 Å². The van der Waals surface area contributed by atoms with Crippen molar-refractivity contribution in [1.29, 1.82) is 0 Å². The summed E-state index contributed by atoms with van der Waals surface area (Å²) >= 11 is 0. The summed E-state index contributed by atoms with van der Waals surface area (Å²) in [6.45, 7) is 9.64. The third kappa shape index (κ3) is 4.87. The highest BCUT2D eigenvalue weighted by Crippen LogP contribution is 2.43. The van der Waals surface area contributed by atoms with Crippen LogP contribution in [0.15, 0.2) is 65.7 Å². The molecule has 1 aliphatic rings. The number of fused-ring (bicyclic) bond motifs is 1. The van der Waals surface area contributed by atoms with Crippen LogP contribution >= 0.6 is 0 Å². The van der Waals surface area contributed by atoms with Gasteiger partial charge >= 0.3 is 0 Å². The number of aliphatic imine (C=N–C) groups is 1. The number of benzene rings is 3. The fourth-order valence-corrected chi connectivity index (χ4v) is 4.76. The normalized spacial score (nSPS) is 17.2. The molecule has 4 nitrogen and oxygen atoms in total. The molecule has 0 saturated carbocycles. The highest BCUT2D eigenvalue weighted by atomic mass is 19.1. The van der Waals surface area contributed by atoms with Gasteiger partial charge in [0.25, 0.3) is 0 Å². The van der Waals surface area contributed by atoms with Crippen molar-refractivity contribution in [1.82, 2.24) is 0 Å². The quantitative estimate of drug-likeness (QED) is 0.368. The Morgan fingerprint density at radius 1 is 1.06 bits per heavy atom. The number of ether oxygens (including phenoxy) is 2. The number of rotatable bonds is 6. The Kier molecular flexibility index (Phi) is 6.41. The lowest BCUT2D eigenvalue weighted by atomic mass is 9.79. The molecule has 0 bridgehead atoms. The van der Waals surface area contributed by atoms with Crippen LogP contribution in [0, 0.1) is 5.82 Å². The molecule has 4 rings (SSSR count). The van der Waals surface area contributed by atoms with E-state index in [1.807, 2.05) is 54.6 Å².